The van der Waals surface area contributed by atoms with E-state index in [0.717, 1.165) is 10.9 Å². The first-order chi connectivity index (χ1) is 10.1. The van der Waals surface area contributed by atoms with Crippen LogP contribution < -0.4 is 16.6 Å². The van der Waals surface area contributed by atoms with Crippen LogP contribution in [-0.2, 0) is 6.54 Å². The minimum Gasteiger partial charge on any atom is -0.366 e. The molecule has 0 saturated carbocycles. The summed E-state index contributed by atoms with van der Waals surface area (Å²) in [5, 5.41) is 3.96. The van der Waals surface area contributed by atoms with Gasteiger partial charge in [-0.1, -0.05) is 18.2 Å². The van der Waals surface area contributed by atoms with Crippen LogP contribution in [0.2, 0.25) is 0 Å². The fraction of sp³-hybridized carbons (Fsp3) is 0.133. The van der Waals surface area contributed by atoms with Crippen LogP contribution in [0, 0.1) is 6.92 Å². The van der Waals surface area contributed by atoms with Gasteiger partial charge in [-0.3, -0.25) is 4.79 Å². The van der Waals surface area contributed by atoms with Gasteiger partial charge in [0.25, 0.3) is 5.56 Å². The summed E-state index contributed by atoms with van der Waals surface area (Å²) < 4.78 is 0. The van der Waals surface area contributed by atoms with E-state index in [9.17, 15) is 9.59 Å². The molecule has 21 heavy (non-hydrogen) atoms. The van der Waals surface area contributed by atoms with E-state index in [1.807, 2.05) is 30.3 Å². The summed E-state index contributed by atoms with van der Waals surface area (Å²) in [5.41, 5.74) is 1.54. The molecule has 106 valence electrons. The van der Waals surface area contributed by atoms with Gasteiger partial charge in [0, 0.05) is 23.3 Å². The van der Waals surface area contributed by atoms with Gasteiger partial charge in [0.2, 0.25) is 0 Å². The highest BCUT2D eigenvalue weighted by Gasteiger charge is 2.04. The maximum absolute atomic E-state index is 12.0. The van der Waals surface area contributed by atoms with Gasteiger partial charge in [-0.2, -0.15) is 4.98 Å². The molecule has 0 aliphatic carbocycles. The van der Waals surface area contributed by atoms with Crippen molar-refractivity contribution in [1.29, 1.82) is 0 Å². The number of benzene rings is 1. The van der Waals surface area contributed by atoms with E-state index in [1.165, 1.54) is 0 Å². The number of rotatable bonds is 3. The summed E-state index contributed by atoms with van der Waals surface area (Å²) in [6.07, 6.45) is 0. The van der Waals surface area contributed by atoms with Gasteiger partial charge < -0.3 is 15.3 Å². The predicted octanol–water partition coefficient (Wildman–Crippen LogP) is 1.53. The van der Waals surface area contributed by atoms with Gasteiger partial charge in [-0.25, -0.2) is 4.79 Å². The van der Waals surface area contributed by atoms with Gasteiger partial charge in [-0.15, -0.1) is 0 Å². The number of anilines is 1. The Labute approximate surface area is 119 Å². The standard InChI is InChI=1S/C15H14N4O2/c1-9-6-13(19-15(21)17-9)16-8-11-7-10-4-2-3-5-12(10)18-14(11)20/h2-7H,8H2,1H3,(H,18,20)(H2,16,17,19,21). The van der Waals surface area contributed by atoms with Crippen LogP contribution in [-0.4, -0.2) is 15.0 Å². The van der Waals surface area contributed by atoms with Crippen molar-refractivity contribution in [3.63, 3.8) is 0 Å². The highest BCUT2D eigenvalue weighted by molar-refractivity contribution is 5.78. The smallest absolute Gasteiger partial charge is 0.347 e. The Balaban J connectivity index is 1.89. The van der Waals surface area contributed by atoms with Crippen LogP contribution in [0.5, 0.6) is 0 Å². The second kappa shape index (κ2) is 5.24. The van der Waals surface area contributed by atoms with Crippen LogP contribution in [0.15, 0.2) is 46.0 Å². The minimum atomic E-state index is -0.412. The van der Waals surface area contributed by atoms with Gasteiger partial charge in [0.05, 0.1) is 0 Å². The zero-order chi connectivity index (χ0) is 14.8. The zero-order valence-electron chi connectivity index (χ0n) is 11.4. The maximum atomic E-state index is 12.0. The number of nitrogens with zero attached hydrogens (tertiary/aromatic N) is 1. The molecule has 0 saturated heterocycles. The molecule has 0 bridgehead atoms. The molecule has 3 N–H and O–H groups in total. The summed E-state index contributed by atoms with van der Waals surface area (Å²) >= 11 is 0. The monoisotopic (exact) mass is 282 g/mol. The van der Waals surface area contributed by atoms with Crippen molar-refractivity contribution in [3.05, 3.63) is 68.5 Å². The first-order valence-electron chi connectivity index (χ1n) is 6.54. The molecule has 2 aromatic heterocycles. The summed E-state index contributed by atoms with van der Waals surface area (Å²) in [4.78, 5) is 32.5. The number of para-hydroxylation sites is 1. The number of aromatic nitrogens is 3. The number of nitrogens with one attached hydrogen (secondary N) is 3. The number of fused-ring (bicyclic) bond motifs is 1. The van der Waals surface area contributed by atoms with E-state index >= 15 is 0 Å². The quantitative estimate of drug-likeness (QED) is 0.679. The molecular formula is C15H14N4O2. The van der Waals surface area contributed by atoms with Crippen LogP contribution in [0.3, 0.4) is 0 Å². The molecule has 3 rings (SSSR count). The van der Waals surface area contributed by atoms with E-state index in [-0.39, 0.29) is 5.56 Å². The Hall–Kier alpha value is -2.89. The van der Waals surface area contributed by atoms with Gasteiger partial charge in [-0.05, 0) is 30.5 Å². The molecule has 0 radical (unpaired) electrons. The fourth-order valence-electron chi connectivity index (χ4n) is 2.18. The normalized spacial score (nSPS) is 10.7. The number of pyridine rings is 1. The van der Waals surface area contributed by atoms with Gasteiger partial charge in [0.15, 0.2) is 0 Å². The number of hydrogen-bond donors (Lipinski definition) is 3. The van der Waals surface area contributed by atoms with Crippen LogP contribution in [0.25, 0.3) is 10.9 Å². The van der Waals surface area contributed by atoms with Crippen molar-refractivity contribution in [3.8, 4) is 0 Å². The van der Waals surface area contributed by atoms with Crippen molar-refractivity contribution in [2.45, 2.75) is 13.5 Å². The first-order valence-corrected chi connectivity index (χ1v) is 6.54. The average molecular weight is 282 g/mol. The molecular weight excluding hydrogens is 268 g/mol. The Bertz CT molecular complexity index is 911. The molecule has 0 fully saturated rings. The van der Waals surface area contributed by atoms with Crippen molar-refractivity contribution in [1.82, 2.24) is 15.0 Å². The van der Waals surface area contributed by atoms with Crippen LogP contribution in [0.4, 0.5) is 5.82 Å². The molecule has 6 nitrogen and oxygen atoms in total. The predicted molar refractivity (Wildman–Crippen MR) is 81.5 cm³/mol. The zero-order valence-corrected chi connectivity index (χ0v) is 11.4. The van der Waals surface area contributed by atoms with Crippen molar-refractivity contribution in [2.75, 3.05) is 5.32 Å². The Morgan fingerprint density at radius 2 is 1.95 bits per heavy atom. The van der Waals surface area contributed by atoms with E-state index in [2.05, 4.69) is 20.3 Å². The molecule has 3 aromatic rings. The molecule has 0 amide bonds. The third-order valence-corrected chi connectivity index (χ3v) is 3.17. The fourth-order valence-corrected chi connectivity index (χ4v) is 2.18. The van der Waals surface area contributed by atoms with E-state index in [0.29, 0.717) is 23.6 Å². The largest absolute Gasteiger partial charge is 0.366 e. The topological polar surface area (TPSA) is 90.6 Å². The maximum Gasteiger partial charge on any atom is 0.347 e. The lowest BCUT2D eigenvalue weighted by molar-refractivity contribution is 0.995. The van der Waals surface area contributed by atoms with Gasteiger partial charge in [0.1, 0.15) is 5.82 Å². The summed E-state index contributed by atoms with van der Waals surface area (Å²) in [7, 11) is 0. The lowest BCUT2D eigenvalue weighted by atomic mass is 10.1. The van der Waals surface area contributed by atoms with Crippen LogP contribution in [0.1, 0.15) is 11.3 Å². The highest BCUT2D eigenvalue weighted by atomic mass is 16.1. The number of aromatic amines is 2. The van der Waals surface area contributed by atoms with E-state index in [4.69, 9.17) is 0 Å². The lowest BCUT2D eigenvalue weighted by Gasteiger charge is -2.06. The molecule has 0 aliphatic heterocycles. The molecule has 0 unspecified atom stereocenters. The Morgan fingerprint density at radius 3 is 2.76 bits per heavy atom. The van der Waals surface area contributed by atoms with Crippen molar-refractivity contribution < 1.29 is 0 Å². The minimum absolute atomic E-state index is 0.150. The third-order valence-electron chi connectivity index (χ3n) is 3.17. The molecule has 0 atom stereocenters. The number of aryl methyl sites for hydroxylation is 1. The van der Waals surface area contributed by atoms with Crippen LogP contribution >= 0.6 is 0 Å². The second-order valence-corrected chi connectivity index (χ2v) is 4.82. The summed E-state index contributed by atoms with van der Waals surface area (Å²) in [6, 6.07) is 11.1. The van der Waals surface area contributed by atoms with Crippen molar-refractivity contribution >= 4 is 16.7 Å². The number of hydrogen-bond acceptors (Lipinski definition) is 4. The highest BCUT2D eigenvalue weighted by Crippen LogP contribution is 2.11. The number of H-pyrrole nitrogens is 2. The average Bonchev–Trinajstić information content (AvgIpc) is 2.44. The molecule has 0 aliphatic rings. The Kier molecular flexibility index (Phi) is 3.27. The molecule has 6 heteroatoms. The molecule has 2 heterocycles. The Morgan fingerprint density at radius 1 is 1.14 bits per heavy atom. The summed E-state index contributed by atoms with van der Waals surface area (Å²) in [6.45, 7) is 2.08. The molecule has 0 spiro atoms. The third kappa shape index (κ3) is 2.84. The second-order valence-electron chi connectivity index (χ2n) is 4.82. The van der Waals surface area contributed by atoms with Crippen molar-refractivity contribution in [2.24, 2.45) is 0 Å². The lowest BCUT2D eigenvalue weighted by Crippen LogP contribution is -2.18. The SMILES string of the molecule is Cc1cc(NCc2cc3ccccc3[nH]c2=O)nc(=O)[nH]1. The van der Waals surface area contributed by atoms with Gasteiger partial charge >= 0.3 is 5.69 Å². The van der Waals surface area contributed by atoms with E-state index in [1.54, 1.807) is 13.0 Å². The first kappa shape index (κ1) is 13.1. The molecule has 1 aromatic carbocycles. The summed E-state index contributed by atoms with van der Waals surface area (Å²) in [5.74, 6) is 0.448. The van der Waals surface area contributed by atoms with E-state index < -0.39 is 5.69 Å².